The van der Waals surface area contributed by atoms with Crippen LogP contribution in [-0.2, 0) is 23.8 Å². The average Bonchev–Trinajstić information content (AvgIpc) is 2.72. The summed E-state index contributed by atoms with van der Waals surface area (Å²) in [6.45, 7) is 2.48. The van der Waals surface area contributed by atoms with E-state index < -0.39 is 11.9 Å². The lowest BCUT2D eigenvalue weighted by Crippen LogP contribution is -2.09. The summed E-state index contributed by atoms with van der Waals surface area (Å²) in [7, 11) is 0. The number of hydrogen-bond acceptors (Lipinski definition) is 2. The van der Waals surface area contributed by atoms with Crippen molar-refractivity contribution in [2.75, 3.05) is 13.2 Å². The number of aromatic amines is 1. The SMILES string of the molecule is CCc1[nH]c(CCOCC2=CC=CC=CC2)nc1C(F)(F)F. The minimum Gasteiger partial charge on any atom is -0.377 e. The Morgan fingerprint density at radius 2 is 2.09 bits per heavy atom. The molecule has 6 heteroatoms. The minimum atomic E-state index is -4.41. The molecule has 1 aliphatic rings. The first-order chi connectivity index (χ1) is 10.5. The monoisotopic (exact) mass is 312 g/mol. The summed E-state index contributed by atoms with van der Waals surface area (Å²) in [5, 5.41) is 0. The Morgan fingerprint density at radius 3 is 2.77 bits per heavy atom. The van der Waals surface area contributed by atoms with Crippen molar-refractivity contribution in [2.24, 2.45) is 0 Å². The van der Waals surface area contributed by atoms with Gasteiger partial charge in [0.15, 0.2) is 5.69 Å². The lowest BCUT2D eigenvalue weighted by Gasteiger charge is -2.05. The van der Waals surface area contributed by atoms with Gasteiger partial charge in [-0.1, -0.05) is 37.3 Å². The number of nitrogens with one attached hydrogen (secondary N) is 1. The fraction of sp³-hybridized carbons (Fsp3) is 0.438. The van der Waals surface area contributed by atoms with Gasteiger partial charge in [0.1, 0.15) is 5.82 Å². The van der Waals surface area contributed by atoms with E-state index in [1.807, 2.05) is 30.4 Å². The number of alkyl halides is 3. The number of halogens is 3. The molecule has 2 rings (SSSR count). The van der Waals surface area contributed by atoms with Crippen LogP contribution in [0.1, 0.15) is 30.6 Å². The summed E-state index contributed by atoms with van der Waals surface area (Å²) in [4.78, 5) is 6.39. The number of hydrogen-bond donors (Lipinski definition) is 1. The standard InChI is InChI=1S/C16H19F3N2O/c1-2-13-15(16(17,18)19)21-14(20-13)9-10-22-11-12-7-5-3-4-6-8-12/h3-7H,2,8-11H2,1H3,(H,20,21). The molecule has 22 heavy (non-hydrogen) atoms. The molecule has 0 atom stereocenters. The number of rotatable bonds is 6. The van der Waals surface area contributed by atoms with Gasteiger partial charge in [0.2, 0.25) is 0 Å². The topological polar surface area (TPSA) is 37.9 Å². The molecule has 1 heterocycles. The lowest BCUT2D eigenvalue weighted by molar-refractivity contribution is -0.141. The Bertz CT molecular complexity index is 583. The molecular weight excluding hydrogens is 293 g/mol. The first kappa shape index (κ1) is 16.5. The molecule has 1 aromatic heterocycles. The van der Waals surface area contributed by atoms with Gasteiger partial charge in [-0.15, -0.1) is 0 Å². The first-order valence-electron chi connectivity index (χ1n) is 7.24. The van der Waals surface area contributed by atoms with Crippen LogP contribution >= 0.6 is 0 Å². The Morgan fingerprint density at radius 1 is 1.27 bits per heavy atom. The van der Waals surface area contributed by atoms with E-state index in [4.69, 9.17) is 4.74 Å². The van der Waals surface area contributed by atoms with Crippen molar-refractivity contribution in [2.45, 2.75) is 32.4 Å². The molecule has 3 nitrogen and oxygen atoms in total. The maximum absolute atomic E-state index is 12.8. The van der Waals surface area contributed by atoms with Crippen LogP contribution in [0.5, 0.6) is 0 Å². The van der Waals surface area contributed by atoms with Gasteiger partial charge >= 0.3 is 6.18 Å². The van der Waals surface area contributed by atoms with Crippen molar-refractivity contribution in [1.82, 2.24) is 9.97 Å². The molecule has 0 unspecified atom stereocenters. The summed E-state index contributed by atoms with van der Waals surface area (Å²) in [5.41, 5.74) is 0.450. The van der Waals surface area contributed by atoms with Crippen LogP contribution in [-0.4, -0.2) is 23.2 Å². The molecule has 0 amide bonds. The second-order valence-electron chi connectivity index (χ2n) is 5.01. The predicted molar refractivity (Wildman–Crippen MR) is 78.5 cm³/mol. The van der Waals surface area contributed by atoms with E-state index in [1.165, 1.54) is 0 Å². The summed E-state index contributed by atoms with van der Waals surface area (Å²) in [6.07, 6.45) is 6.90. The number of aryl methyl sites for hydroxylation is 1. The van der Waals surface area contributed by atoms with Gasteiger partial charge < -0.3 is 9.72 Å². The maximum Gasteiger partial charge on any atom is 0.435 e. The van der Waals surface area contributed by atoms with Gasteiger partial charge in [0, 0.05) is 12.1 Å². The molecule has 0 spiro atoms. The van der Waals surface area contributed by atoms with Crippen LogP contribution in [0.25, 0.3) is 0 Å². The van der Waals surface area contributed by atoms with E-state index in [0.29, 0.717) is 25.5 Å². The van der Waals surface area contributed by atoms with Crippen molar-refractivity contribution in [3.05, 3.63) is 53.2 Å². The van der Waals surface area contributed by atoms with Gasteiger partial charge in [-0.3, -0.25) is 0 Å². The molecular formula is C16H19F3N2O. The molecule has 0 saturated heterocycles. The largest absolute Gasteiger partial charge is 0.435 e. The summed E-state index contributed by atoms with van der Waals surface area (Å²) >= 11 is 0. The van der Waals surface area contributed by atoms with Gasteiger partial charge in [-0.25, -0.2) is 4.98 Å². The van der Waals surface area contributed by atoms with E-state index >= 15 is 0 Å². The molecule has 0 radical (unpaired) electrons. The van der Waals surface area contributed by atoms with Crippen LogP contribution in [0.3, 0.4) is 0 Å². The third-order valence-electron chi connectivity index (χ3n) is 3.29. The van der Waals surface area contributed by atoms with Gasteiger partial charge in [0.25, 0.3) is 0 Å². The third kappa shape index (κ3) is 4.59. The summed E-state index contributed by atoms with van der Waals surface area (Å²) in [5.74, 6) is 0.318. The van der Waals surface area contributed by atoms with Gasteiger partial charge in [-0.05, 0) is 18.4 Å². The fourth-order valence-corrected chi connectivity index (χ4v) is 2.17. The molecule has 1 aliphatic carbocycles. The number of imidazole rings is 1. The fourth-order valence-electron chi connectivity index (χ4n) is 2.17. The van der Waals surface area contributed by atoms with Crippen LogP contribution in [0.4, 0.5) is 13.2 Å². The van der Waals surface area contributed by atoms with E-state index in [-0.39, 0.29) is 12.1 Å². The average molecular weight is 312 g/mol. The number of H-pyrrole nitrogens is 1. The zero-order valence-corrected chi connectivity index (χ0v) is 12.4. The highest BCUT2D eigenvalue weighted by molar-refractivity contribution is 5.23. The summed E-state index contributed by atoms with van der Waals surface area (Å²) < 4.78 is 43.9. The number of ether oxygens (including phenoxy) is 1. The zero-order chi connectivity index (χ0) is 16.0. The van der Waals surface area contributed by atoms with E-state index in [2.05, 4.69) is 9.97 Å². The molecule has 0 bridgehead atoms. The van der Waals surface area contributed by atoms with Crippen LogP contribution in [0.2, 0.25) is 0 Å². The Labute approximate surface area is 127 Å². The Hall–Kier alpha value is -1.82. The van der Waals surface area contributed by atoms with E-state index in [1.54, 1.807) is 6.92 Å². The minimum absolute atomic E-state index is 0.129. The lowest BCUT2D eigenvalue weighted by atomic mass is 10.2. The molecule has 0 aromatic carbocycles. The predicted octanol–water partition coefficient (Wildman–Crippen LogP) is 3.99. The maximum atomic E-state index is 12.8. The first-order valence-corrected chi connectivity index (χ1v) is 7.24. The molecule has 120 valence electrons. The van der Waals surface area contributed by atoms with Crippen molar-refractivity contribution in [3.8, 4) is 0 Å². The molecule has 1 aromatic rings. The van der Waals surface area contributed by atoms with Gasteiger partial charge in [-0.2, -0.15) is 13.2 Å². The molecule has 0 fully saturated rings. The van der Waals surface area contributed by atoms with Crippen LogP contribution in [0, 0.1) is 0 Å². The third-order valence-corrected chi connectivity index (χ3v) is 3.29. The highest BCUT2D eigenvalue weighted by Crippen LogP contribution is 2.30. The smallest absolute Gasteiger partial charge is 0.377 e. The van der Waals surface area contributed by atoms with Crippen LogP contribution < -0.4 is 0 Å². The number of allylic oxidation sites excluding steroid dienone is 5. The Kier molecular flexibility index (Phi) is 5.60. The van der Waals surface area contributed by atoms with Crippen molar-refractivity contribution in [1.29, 1.82) is 0 Å². The number of aromatic nitrogens is 2. The second kappa shape index (κ2) is 7.45. The molecule has 1 N–H and O–H groups in total. The molecule has 0 aliphatic heterocycles. The van der Waals surface area contributed by atoms with E-state index in [0.717, 1.165) is 12.0 Å². The second-order valence-corrected chi connectivity index (χ2v) is 5.01. The summed E-state index contributed by atoms with van der Waals surface area (Å²) in [6, 6.07) is 0. The van der Waals surface area contributed by atoms with Crippen molar-refractivity contribution < 1.29 is 17.9 Å². The quantitative estimate of drug-likeness (QED) is 0.807. The zero-order valence-electron chi connectivity index (χ0n) is 12.4. The number of nitrogens with zero attached hydrogens (tertiary/aromatic N) is 1. The van der Waals surface area contributed by atoms with Crippen LogP contribution in [0.15, 0.2) is 36.0 Å². The normalized spacial score (nSPS) is 15.0. The van der Waals surface area contributed by atoms with Crippen molar-refractivity contribution >= 4 is 0 Å². The van der Waals surface area contributed by atoms with Gasteiger partial charge in [0.05, 0.1) is 13.2 Å². The van der Waals surface area contributed by atoms with Crippen molar-refractivity contribution in [3.63, 3.8) is 0 Å². The molecule has 0 saturated carbocycles. The Balaban J connectivity index is 1.84. The highest BCUT2D eigenvalue weighted by Gasteiger charge is 2.36. The highest BCUT2D eigenvalue weighted by atomic mass is 19.4. The van der Waals surface area contributed by atoms with E-state index in [9.17, 15) is 13.2 Å².